The van der Waals surface area contributed by atoms with Crippen LogP contribution in [0.1, 0.15) is 61.7 Å². The molecule has 2 aromatic carbocycles. The molecule has 1 aliphatic carbocycles. The molecule has 0 saturated carbocycles. The van der Waals surface area contributed by atoms with Crippen molar-refractivity contribution in [2.75, 3.05) is 5.32 Å². The van der Waals surface area contributed by atoms with Gasteiger partial charge in [-0.25, -0.2) is 0 Å². The average Bonchev–Trinajstić information content (AvgIpc) is 3.40. The standard InChI is InChI=1S/C30H30N4O3S/c1-18-9-11-23(12-10-18)32-29(35)28-25-7-5-6-8-27(25)38-30(28)33-20(3)16-22(21(33)4)17-31-26-14-13-24(34(36)37)15-19(26)2/h9-17H,5-8H2,1-4H3,(H,32,35). The Labute approximate surface area is 226 Å². The number of hydrogen-bond donors (Lipinski definition) is 1. The third kappa shape index (κ3) is 4.91. The summed E-state index contributed by atoms with van der Waals surface area (Å²) in [6.07, 6.45) is 5.94. The van der Waals surface area contributed by atoms with Crippen LogP contribution in [0.15, 0.2) is 53.5 Å². The molecule has 7 nitrogen and oxygen atoms in total. The molecule has 0 radical (unpaired) electrons. The van der Waals surface area contributed by atoms with Crippen LogP contribution >= 0.6 is 11.3 Å². The number of nitro benzene ring substituents is 1. The first kappa shape index (κ1) is 25.6. The quantitative estimate of drug-likeness (QED) is 0.160. The fourth-order valence-corrected chi connectivity index (χ4v) is 6.54. The third-order valence-corrected chi connectivity index (χ3v) is 8.37. The number of nitrogens with zero attached hydrogens (tertiary/aromatic N) is 3. The molecule has 2 heterocycles. The molecule has 1 amide bonds. The number of aryl methyl sites for hydroxylation is 4. The number of aliphatic imine (C=N–C) groups is 1. The second-order valence-electron chi connectivity index (χ2n) is 9.86. The summed E-state index contributed by atoms with van der Waals surface area (Å²) in [6, 6.07) is 14.6. The number of fused-ring (bicyclic) bond motifs is 1. The summed E-state index contributed by atoms with van der Waals surface area (Å²) < 4.78 is 2.16. The van der Waals surface area contributed by atoms with Gasteiger partial charge in [0.25, 0.3) is 11.6 Å². The lowest BCUT2D eigenvalue weighted by atomic mass is 9.95. The Bertz CT molecular complexity index is 1580. The Hall–Kier alpha value is -4.04. The largest absolute Gasteiger partial charge is 0.322 e. The lowest BCUT2D eigenvalue weighted by Crippen LogP contribution is -2.17. The molecule has 0 unspecified atom stereocenters. The van der Waals surface area contributed by atoms with Gasteiger partial charge in [-0.15, -0.1) is 11.3 Å². The van der Waals surface area contributed by atoms with Crippen LogP contribution in [0, 0.1) is 37.8 Å². The maximum atomic E-state index is 13.7. The van der Waals surface area contributed by atoms with Crippen LogP contribution in [-0.2, 0) is 12.8 Å². The monoisotopic (exact) mass is 526 g/mol. The van der Waals surface area contributed by atoms with Crippen molar-refractivity contribution in [2.24, 2.45) is 4.99 Å². The zero-order valence-corrected chi connectivity index (χ0v) is 22.8. The summed E-state index contributed by atoms with van der Waals surface area (Å²) in [5, 5.41) is 15.1. The molecule has 0 aliphatic heterocycles. The number of carbonyl (C=O) groups is 1. The zero-order valence-electron chi connectivity index (χ0n) is 22.0. The van der Waals surface area contributed by atoms with Gasteiger partial charge in [0.1, 0.15) is 5.00 Å². The number of non-ortho nitro benzene ring substituents is 1. The maximum absolute atomic E-state index is 13.7. The molecular weight excluding hydrogens is 496 g/mol. The zero-order chi connectivity index (χ0) is 27.0. The fraction of sp³-hybridized carbons (Fsp3) is 0.267. The molecule has 5 rings (SSSR count). The highest BCUT2D eigenvalue weighted by Gasteiger charge is 2.28. The number of rotatable bonds is 6. The SMILES string of the molecule is Cc1ccc(NC(=O)c2c(-n3c(C)cc(C=Nc4ccc([N+](=O)[O-])cc4C)c3C)sc3c2CCCC3)cc1. The lowest BCUT2D eigenvalue weighted by molar-refractivity contribution is -0.384. The Morgan fingerprint density at radius 2 is 1.79 bits per heavy atom. The number of amides is 1. The molecule has 38 heavy (non-hydrogen) atoms. The smallest absolute Gasteiger partial charge is 0.269 e. The van der Waals surface area contributed by atoms with Crippen LogP contribution in [0.25, 0.3) is 5.00 Å². The first-order valence-electron chi connectivity index (χ1n) is 12.7. The third-order valence-electron chi connectivity index (χ3n) is 7.10. The first-order chi connectivity index (χ1) is 18.2. The van der Waals surface area contributed by atoms with Crippen molar-refractivity contribution in [3.05, 3.63) is 103 Å². The van der Waals surface area contributed by atoms with Crippen LogP contribution in [0.2, 0.25) is 0 Å². The highest BCUT2D eigenvalue weighted by Crippen LogP contribution is 2.39. The minimum atomic E-state index is -0.401. The number of benzene rings is 2. The average molecular weight is 527 g/mol. The molecule has 0 fully saturated rings. The van der Waals surface area contributed by atoms with Gasteiger partial charge in [0.05, 0.1) is 16.2 Å². The van der Waals surface area contributed by atoms with Crippen molar-refractivity contribution in [3.8, 4) is 5.00 Å². The second kappa shape index (κ2) is 10.4. The van der Waals surface area contributed by atoms with E-state index in [4.69, 9.17) is 0 Å². The van der Waals surface area contributed by atoms with Crippen LogP contribution in [-0.4, -0.2) is 21.6 Å². The molecule has 194 valence electrons. The molecule has 1 N–H and O–H groups in total. The molecule has 8 heteroatoms. The number of thiophene rings is 1. The van der Waals surface area contributed by atoms with E-state index >= 15 is 0 Å². The van der Waals surface area contributed by atoms with Gasteiger partial charge < -0.3 is 9.88 Å². The highest BCUT2D eigenvalue weighted by atomic mass is 32.1. The van der Waals surface area contributed by atoms with Crippen LogP contribution < -0.4 is 5.32 Å². The van der Waals surface area contributed by atoms with E-state index in [0.29, 0.717) is 5.69 Å². The topological polar surface area (TPSA) is 89.5 Å². The number of nitro groups is 1. The van der Waals surface area contributed by atoms with E-state index in [9.17, 15) is 14.9 Å². The molecule has 4 aromatic rings. The second-order valence-corrected chi connectivity index (χ2v) is 10.9. The van der Waals surface area contributed by atoms with E-state index in [-0.39, 0.29) is 11.6 Å². The predicted octanol–water partition coefficient (Wildman–Crippen LogP) is 7.56. The Balaban J connectivity index is 1.53. The van der Waals surface area contributed by atoms with Gasteiger partial charge in [0.2, 0.25) is 0 Å². The van der Waals surface area contributed by atoms with Gasteiger partial charge in [-0.2, -0.15) is 0 Å². The normalized spacial score (nSPS) is 13.1. The summed E-state index contributed by atoms with van der Waals surface area (Å²) in [7, 11) is 0. The summed E-state index contributed by atoms with van der Waals surface area (Å²) in [4.78, 5) is 30.3. The van der Waals surface area contributed by atoms with Crippen molar-refractivity contribution in [1.29, 1.82) is 0 Å². The van der Waals surface area contributed by atoms with Gasteiger partial charge in [0, 0.05) is 45.9 Å². The Morgan fingerprint density at radius 1 is 1.05 bits per heavy atom. The van der Waals surface area contributed by atoms with Gasteiger partial charge in [-0.05, 0) is 88.8 Å². The van der Waals surface area contributed by atoms with E-state index in [1.165, 1.54) is 22.6 Å². The molecular formula is C30H30N4O3S. The van der Waals surface area contributed by atoms with Crippen LogP contribution in [0.3, 0.4) is 0 Å². The summed E-state index contributed by atoms with van der Waals surface area (Å²) in [5.74, 6) is -0.0764. The van der Waals surface area contributed by atoms with Crippen molar-refractivity contribution < 1.29 is 9.72 Å². The van der Waals surface area contributed by atoms with Crippen LogP contribution in [0.4, 0.5) is 17.1 Å². The number of anilines is 1. The van der Waals surface area contributed by atoms with Crippen molar-refractivity contribution in [1.82, 2.24) is 4.57 Å². The summed E-state index contributed by atoms with van der Waals surface area (Å²) in [5.41, 5.74) is 8.31. The van der Waals surface area contributed by atoms with E-state index < -0.39 is 4.92 Å². The van der Waals surface area contributed by atoms with Gasteiger partial charge in [-0.1, -0.05) is 17.7 Å². The predicted molar refractivity (Wildman–Crippen MR) is 154 cm³/mol. The Kier molecular flexibility index (Phi) is 6.99. The number of carbonyl (C=O) groups excluding carboxylic acids is 1. The lowest BCUT2D eigenvalue weighted by Gasteiger charge is -2.14. The van der Waals surface area contributed by atoms with E-state index in [1.807, 2.05) is 52.0 Å². The fourth-order valence-electron chi connectivity index (χ4n) is 5.04. The summed E-state index contributed by atoms with van der Waals surface area (Å²) in [6.45, 7) is 7.93. The molecule has 0 spiro atoms. The minimum Gasteiger partial charge on any atom is -0.322 e. The van der Waals surface area contributed by atoms with Crippen molar-refractivity contribution in [2.45, 2.75) is 53.4 Å². The van der Waals surface area contributed by atoms with E-state index in [0.717, 1.165) is 70.0 Å². The molecule has 0 atom stereocenters. The highest BCUT2D eigenvalue weighted by molar-refractivity contribution is 7.15. The van der Waals surface area contributed by atoms with Crippen molar-refractivity contribution >= 4 is 40.5 Å². The summed E-state index contributed by atoms with van der Waals surface area (Å²) >= 11 is 1.71. The van der Waals surface area contributed by atoms with Crippen molar-refractivity contribution in [3.63, 3.8) is 0 Å². The Morgan fingerprint density at radius 3 is 2.50 bits per heavy atom. The van der Waals surface area contributed by atoms with Gasteiger partial charge >= 0.3 is 0 Å². The van der Waals surface area contributed by atoms with E-state index in [2.05, 4.69) is 20.9 Å². The first-order valence-corrected chi connectivity index (χ1v) is 13.6. The maximum Gasteiger partial charge on any atom is 0.269 e. The minimum absolute atomic E-state index is 0.0535. The molecule has 2 aromatic heterocycles. The number of nitrogens with one attached hydrogen (secondary N) is 1. The van der Waals surface area contributed by atoms with E-state index in [1.54, 1.807) is 23.6 Å². The van der Waals surface area contributed by atoms with Crippen LogP contribution in [0.5, 0.6) is 0 Å². The molecule has 0 saturated heterocycles. The molecule has 1 aliphatic rings. The number of hydrogen-bond acceptors (Lipinski definition) is 5. The molecule has 0 bridgehead atoms. The number of aromatic nitrogens is 1. The van der Waals surface area contributed by atoms with Gasteiger partial charge in [0.15, 0.2) is 0 Å². The van der Waals surface area contributed by atoms with Gasteiger partial charge in [-0.3, -0.25) is 19.9 Å².